The standard InChI is InChI=1S/C13H16ClNO/c1-3-7-15-10-11-9-12(14)5-6-13(11)16-8-4-2/h1,5-6,9,15H,4,7-8,10H2,2H3. The van der Waals surface area contributed by atoms with Crippen LogP contribution in [0.3, 0.4) is 0 Å². The van der Waals surface area contributed by atoms with Crippen LogP contribution in [0.15, 0.2) is 18.2 Å². The Balaban J connectivity index is 2.69. The highest BCUT2D eigenvalue weighted by Crippen LogP contribution is 2.22. The van der Waals surface area contributed by atoms with E-state index in [4.69, 9.17) is 22.8 Å². The van der Waals surface area contributed by atoms with Gasteiger partial charge in [0.15, 0.2) is 0 Å². The number of rotatable bonds is 6. The van der Waals surface area contributed by atoms with E-state index in [9.17, 15) is 0 Å². The molecule has 0 fully saturated rings. The number of terminal acetylenes is 1. The number of hydrogen-bond acceptors (Lipinski definition) is 2. The Bertz CT molecular complexity index is 371. The van der Waals surface area contributed by atoms with Gasteiger partial charge in [-0.25, -0.2) is 0 Å². The molecule has 0 saturated heterocycles. The van der Waals surface area contributed by atoms with Gasteiger partial charge in [0.25, 0.3) is 0 Å². The monoisotopic (exact) mass is 237 g/mol. The Labute approximate surface area is 102 Å². The van der Waals surface area contributed by atoms with Crippen molar-refractivity contribution in [1.82, 2.24) is 5.32 Å². The first-order valence-electron chi connectivity index (χ1n) is 5.33. The highest BCUT2D eigenvalue weighted by atomic mass is 35.5. The first-order chi connectivity index (χ1) is 7.77. The van der Waals surface area contributed by atoms with Crippen molar-refractivity contribution in [2.24, 2.45) is 0 Å². The van der Waals surface area contributed by atoms with Crippen molar-refractivity contribution in [3.63, 3.8) is 0 Å². The van der Waals surface area contributed by atoms with E-state index in [0.717, 1.165) is 17.7 Å². The molecule has 0 radical (unpaired) electrons. The number of ether oxygens (including phenoxy) is 1. The molecule has 1 N–H and O–H groups in total. The summed E-state index contributed by atoms with van der Waals surface area (Å²) in [6.45, 7) is 4.00. The van der Waals surface area contributed by atoms with E-state index >= 15 is 0 Å². The third-order valence-electron chi connectivity index (χ3n) is 2.03. The van der Waals surface area contributed by atoms with Crippen LogP contribution in [0.1, 0.15) is 18.9 Å². The van der Waals surface area contributed by atoms with Crippen molar-refractivity contribution >= 4 is 11.6 Å². The second kappa shape index (κ2) is 7.16. The molecular formula is C13H16ClNO. The Hall–Kier alpha value is -1.17. The fourth-order valence-corrected chi connectivity index (χ4v) is 1.50. The lowest BCUT2D eigenvalue weighted by molar-refractivity contribution is 0.313. The van der Waals surface area contributed by atoms with E-state index < -0.39 is 0 Å². The highest BCUT2D eigenvalue weighted by Gasteiger charge is 2.03. The molecule has 2 nitrogen and oxygen atoms in total. The third kappa shape index (κ3) is 4.14. The van der Waals surface area contributed by atoms with Crippen LogP contribution >= 0.6 is 11.6 Å². The minimum absolute atomic E-state index is 0.541. The van der Waals surface area contributed by atoms with Gasteiger partial charge in [0, 0.05) is 17.1 Å². The van der Waals surface area contributed by atoms with E-state index in [1.165, 1.54) is 0 Å². The maximum atomic E-state index is 5.94. The molecule has 0 amide bonds. The van der Waals surface area contributed by atoms with Gasteiger partial charge in [-0.15, -0.1) is 6.42 Å². The number of nitrogens with one attached hydrogen (secondary N) is 1. The summed E-state index contributed by atoms with van der Waals surface area (Å²) in [4.78, 5) is 0. The fourth-order valence-electron chi connectivity index (χ4n) is 1.31. The van der Waals surface area contributed by atoms with Crippen LogP contribution in [0, 0.1) is 12.3 Å². The molecule has 3 heteroatoms. The van der Waals surface area contributed by atoms with Gasteiger partial charge in [-0.1, -0.05) is 24.4 Å². The molecule has 1 aromatic rings. The molecule has 0 atom stereocenters. The molecule has 0 heterocycles. The van der Waals surface area contributed by atoms with Gasteiger partial charge in [-0.3, -0.25) is 0 Å². The zero-order valence-electron chi connectivity index (χ0n) is 9.42. The zero-order chi connectivity index (χ0) is 11.8. The molecule has 86 valence electrons. The van der Waals surface area contributed by atoms with Gasteiger partial charge in [0.2, 0.25) is 0 Å². The summed E-state index contributed by atoms with van der Waals surface area (Å²) in [7, 11) is 0. The molecule has 0 aliphatic carbocycles. The molecule has 0 saturated carbocycles. The SMILES string of the molecule is C#CCNCc1cc(Cl)ccc1OCCC. The summed E-state index contributed by atoms with van der Waals surface area (Å²) in [6.07, 6.45) is 6.16. The second-order valence-electron chi connectivity index (χ2n) is 3.41. The average Bonchev–Trinajstić information content (AvgIpc) is 2.28. The first kappa shape index (κ1) is 12.9. The molecule has 1 aromatic carbocycles. The lowest BCUT2D eigenvalue weighted by Gasteiger charge is -2.11. The van der Waals surface area contributed by atoms with E-state index in [2.05, 4.69) is 18.2 Å². The van der Waals surface area contributed by atoms with E-state index in [0.29, 0.717) is 24.7 Å². The largest absolute Gasteiger partial charge is 0.493 e. The molecule has 0 aliphatic heterocycles. The van der Waals surface area contributed by atoms with Gasteiger partial charge in [-0.2, -0.15) is 0 Å². The zero-order valence-corrected chi connectivity index (χ0v) is 10.2. The molecule has 1 rings (SSSR count). The maximum Gasteiger partial charge on any atom is 0.123 e. The Morgan fingerprint density at radius 3 is 3.00 bits per heavy atom. The van der Waals surface area contributed by atoms with Gasteiger partial charge in [0.1, 0.15) is 5.75 Å². The Morgan fingerprint density at radius 1 is 1.50 bits per heavy atom. The van der Waals surface area contributed by atoms with Crippen LogP contribution < -0.4 is 10.1 Å². The molecular weight excluding hydrogens is 222 g/mol. The van der Waals surface area contributed by atoms with Gasteiger partial charge >= 0.3 is 0 Å². The van der Waals surface area contributed by atoms with E-state index in [1.807, 2.05) is 18.2 Å². The minimum atomic E-state index is 0.541. The quantitative estimate of drug-likeness (QED) is 0.607. The number of hydrogen-bond donors (Lipinski definition) is 1. The van der Waals surface area contributed by atoms with Crippen LogP contribution in [-0.4, -0.2) is 13.2 Å². The van der Waals surface area contributed by atoms with Crippen molar-refractivity contribution in [1.29, 1.82) is 0 Å². The maximum absolute atomic E-state index is 5.94. The van der Waals surface area contributed by atoms with Crippen LogP contribution in [0.2, 0.25) is 5.02 Å². The summed E-state index contributed by atoms with van der Waals surface area (Å²) < 4.78 is 5.62. The summed E-state index contributed by atoms with van der Waals surface area (Å²) in [5.74, 6) is 3.40. The number of benzene rings is 1. The Morgan fingerprint density at radius 2 is 2.31 bits per heavy atom. The fraction of sp³-hybridized carbons (Fsp3) is 0.385. The molecule has 0 bridgehead atoms. The highest BCUT2D eigenvalue weighted by molar-refractivity contribution is 6.30. The summed E-state index contributed by atoms with van der Waals surface area (Å²) in [5, 5.41) is 3.83. The minimum Gasteiger partial charge on any atom is -0.493 e. The van der Waals surface area contributed by atoms with Crippen molar-refractivity contribution in [3.8, 4) is 18.1 Å². The van der Waals surface area contributed by atoms with E-state index in [1.54, 1.807) is 0 Å². The summed E-state index contributed by atoms with van der Waals surface area (Å²) >= 11 is 5.94. The topological polar surface area (TPSA) is 21.3 Å². The number of halogens is 1. The normalized spacial score (nSPS) is 9.81. The van der Waals surface area contributed by atoms with Crippen LogP contribution in [0.5, 0.6) is 5.75 Å². The predicted molar refractivity (Wildman–Crippen MR) is 67.8 cm³/mol. The molecule has 0 unspecified atom stereocenters. The molecule has 0 aliphatic rings. The van der Waals surface area contributed by atoms with Crippen LogP contribution in [0.4, 0.5) is 0 Å². The molecule has 16 heavy (non-hydrogen) atoms. The molecule has 0 spiro atoms. The van der Waals surface area contributed by atoms with E-state index in [-0.39, 0.29) is 0 Å². The van der Waals surface area contributed by atoms with Gasteiger partial charge in [0.05, 0.1) is 13.2 Å². The van der Waals surface area contributed by atoms with Gasteiger partial charge < -0.3 is 10.1 Å². The smallest absolute Gasteiger partial charge is 0.123 e. The van der Waals surface area contributed by atoms with Crippen molar-refractivity contribution in [3.05, 3.63) is 28.8 Å². The van der Waals surface area contributed by atoms with Crippen molar-refractivity contribution in [2.45, 2.75) is 19.9 Å². The van der Waals surface area contributed by atoms with Gasteiger partial charge in [-0.05, 0) is 24.6 Å². The van der Waals surface area contributed by atoms with Crippen molar-refractivity contribution in [2.75, 3.05) is 13.2 Å². The van der Waals surface area contributed by atoms with Crippen LogP contribution in [0.25, 0.3) is 0 Å². The predicted octanol–water partition coefficient (Wildman–Crippen LogP) is 2.85. The summed E-state index contributed by atoms with van der Waals surface area (Å²) in [5.41, 5.74) is 1.04. The second-order valence-corrected chi connectivity index (χ2v) is 3.84. The average molecular weight is 238 g/mol. The third-order valence-corrected chi connectivity index (χ3v) is 2.26. The molecule has 0 aromatic heterocycles. The van der Waals surface area contributed by atoms with Crippen molar-refractivity contribution < 1.29 is 4.74 Å². The summed E-state index contributed by atoms with van der Waals surface area (Å²) in [6, 6.07) is 5.62. The first-order valence-corrected chi connectivity index (χ1v) is 5.71. The Kier molecular flexibility index (Phi) is 5.77. The van der Waals surface area contributed by atoms with Crippen LogP contribution in [-0.2, 0) is 6.54 Å². The lowest BCUT2D eigenvalue weighted by Crippen LogP contribution is -2.14. The lowest BCUT2D eigenvalue weighted by atomic mass is 10.2.